The molecule has 58 valence electrons. The Hall–Kier alpha value is -0.790. The van der Waals surface area contributed by atoms with Crippen molar-refractivity contribution in [3.05, 3.63) is 12.3 Å². The van der Waals surface area contributed by atoms with Crippen molar-refractivity contribution in [3.63, 3.8) is 0 Å². The zero-order valence-corrected chi connectivity index (χ0v) is 6.96. The Labute approximate surface area is 62.8 Å². The largest absolute Gasteiger partial charge is 0.387 e. The lowest BCUT2D eigenvalue weighted by molar-refractivity contribution is 0.697. The molecular weight excluding hydrogens is 124 g/mol. The number of hydrogen-bond donors (Lipinski definition) is 1. The van der Waals surface area contributed by atoms with Crippen molar-refractivity contribution in [2.24, 2.45) is 16.6 Å². The molecule has 0 spiro atoms. The molecule has 1 unspecified atom stereocenters. The van der Waals surface area contributed by atoms with E-state index >= 15 is 0 Å². The molecular formula is C8H16N2. The summed E-state index contributed by atoms with van der Waals surface area (Å²) in [6.07, 6.45) is 4.97. The first-order valence-electron chi connectivity index (χ1n) is 3.63. The van der Waals surface area contributed by atoms with Gasteiger partial charge in [0.15, 0.2) is 0 Å². The molecule has 0 saturated heterocycles. The molecule has 2 heteroatoms. The minimum absolute atomic E-state index is 0.600. The summed E-state index contributed by atoms with van der Waals surface area (Å²) in [4.78, 5) is 3.93. The maximum atomic E-state index is 5.32. The number of nitrogens with two attached hydrogens (primary N) is 1. The van der Waals surface area contributed by atoms with Crippen molar-refractivity contribution in [1.82, 2.24) is 0 Å². The zero-order chi connectivity index (χ0) is 7.98. The van der Waals surface area contributed by atoms with Crippen molar-refractivity contribution >= 4 is 5.84 Å². The molecule has 0 aliphatic rings. The van der Waals surface area contributed by atoms with Crippen LogP contribution in [-0.2, 0) is 0 Å². The second-order valence-electron chi connectivity index (χ2n) is 2.50. The van der Waals surface area contributed by atoms with Gasteiger partial charge in [0.25, 0.3) is 0 Å². The van der Waals surface area contributed by atoms with Crippen LogP contribution in [0.2, 0.25) is 0 Å². The molecule has 0 radical (unpaired) electrons. The van der Waals surface area contributed by atoms with Gasteiger partial charge in [-0.1, -0.05) is 26.3 Å². The van der Waals surface area contributed by atoms with Crippen molar-refractivity contribution in [3.8, 4) is 0 Å². The Balaban J connectivity index is 3.66. The lowest BCUT2D eigenvalue weighted by atomic mass is 10.1. The third-order valence-corrected chi connectivity index (χ3v) is 1.34. The predicted molar refractivity (Wildman–Crippen MR) is 45.9 cm³/mol. The van der Waals surface area contributed by atoms with Crippen molar-refractivity contribution in [2.75, 3.05) is 0 Å². The lowest BCUT2D eigenvalue weighted by Crippen LogP contribution is -2.03. The summed E-state index contributed by atoms with van der Waals surface area (Å²) in [6, 6.07) is 0. The van der Waals surface area contributed by atoms with Crippen LogP contribution in [0.4, 0.5) is 0 Å². The van der Waals surface area contributed by atoms with E-state index in [4.69, 9.17) is 5.73 Å². The maximum Gasteiger partial charge on any atom is 0.0957 e. The van der Waals surface area contributed by atoms with E-state index in [-0.39, 0.29) is 0 Å². The average molecular weight is 140 g/mol. The fraction of sp³-hybridized carbons (Fsp3) is 0.625. The van der Waals surface area contributed by atoms with E-state index in [2.05, 4.69) is 24.9 Å². The van der Waals surface area contributed by atoms with Crippen LogP contribution in [0.15, 0.2) is 17.3 Å². The summed E-state index contributed by atoms with van der Waals surface area (Å²) >= 11 is 0. The molecule has 0 heterocycles. The van der Waals surface area contributed by atoms with Gasteiger partial charge in [-0.2, -0.15) is 0 Å². The average Bonchev–Trinajstić information content (AvgIpc) is 1.87. The van der Waals surface area contributed by atoms with E-state index in [1.54, 1.807) is 13.1 Å². The Morgan fingerprint density at radius 2 is 2.30 bits per heavy atom. The monoisotopic (exact) mass is 140 g/mol. The Morgan fingerprint density at radius 1 is 1.70 bits per heavy atom. The molecule has 2 nitrogen and oxygen atoms in total. The van der Waals surface area contributed by atoms with Crippen LogP contribution in [0, 0.1) is 5.92 Å². The standard InChI is InChI=1S/C8H16N2/c1-4-7(2)5-6-10-8(3)9/h5-7H,4H2,1-3H3,(H2,9,10)/b6-5-. The molecule has 1 atom stereocenters. The smallest absolute Gasteiger partial charge is 0.0957 e. The van der Waals surface area contributed by atoms with Gasteiger partial charge in [-0.05, 0) is 12.8 Å². The molecule has 0 aromatic rings. The fourth-order valence-corrected chi connectivity index (χ4v) is 0.444. The Kier molecular flexibility index (Phi) is 4.63. The number of hydrogen-bond acceptors (Lipinski definition) is 1. The zero-order valence-electron chi connectivity index (χ0n) is 6.96. The van der Waals surface area contributed by atoms with Gasteiger partial charge in [-0.25, -0.2) is 4.99 Å². The Bertz CT molecular complexity index is 132. The van der Waals surface area contributed by atoms with Gasteiger partial charge in [-0.3, -0.25) is 0 Å². The summed E-state index contributed by atoms with van der Waals surface area (Å²) in [5, 5.41) is 0. The molecule has 0 fully saturated rings. The third-order valence-electron chi connectivity index (χ3n) is 1.34. The summed E-state index contributed by atoms with van der Waals surface area (Å²) in [5.74, 6) is 1.21. The van der Waals surface area contributed by atoms with E-state index in [0.717, 1.165) is 6.42 Å². The first-order chi connectivity index (χ1) is 4.66. The SMILES string of the molecule is CCC(C)/C=C\N=C(C)N. The van der Waals surface area contributed by atoms with E-state index in [0.29, 0.717) is 11.8 Å². The van der Waals surface area contributed by atoms with Crippen LogP contribution in [0.25, 0.3) is 0 Å². The molecule has 0 rings (SSSR count). The number of rotatable bonds is 3. The first-order valence-corrected chi connectivity index (χ1v) is 3.63. The van der Waals surface area contributed by atoms with E-state index in [1.807, 2.05) is 0 Å². The van der Waals surface area contributed by atoms with Crippen molar-refractivity contribution < 1.29 is 0 Å². The van der Waals surface area contributed by atoms with E-state index in [1.165, 1.54) is 0 Å². The number of nitrogens with zero attached hydrogens (tertiary/aromatic N) is 1. The molecule has 0 aliphatic heterocycles. The van der Waals surface area contributed by atoms with E-state index in [9.17, 15) is 0 Å². The van der Waals surface area contributed by atoms with Gasteiger partial charge in [0.05, 0.1) is 5.84 Å². The number of allylic oxidation sites excluding steroid dienone is 1. The number of amidine groups is 1. The van der Waals surface area contributed by atoms with Gasteiger partial charge < -0.3 is 5.73 Å². The molecule has 0 aromatic heterocycles. The predicted octanol–water partition coefficient (Wildman–Crippen LogP) is 1.92. The van der Waals surface area contributed by atoms with Gasteiger partial charge >= 0.3 is 0 Å². The second-order valence-corrected chi connectivity index (χ2v) is 2.50. The topological polar surface area (TPSA) is 38.4 Å². The minimum Gasteiger partial charge on any atom is -0.387 e. The molecule has 2 N–H and O–H groups in total. The lowest BCUT2D eigenvalue weighted by Gasteiger charge is -1.96. The third kappa shape index (κ3) is 5.35. The van der Waals surface area contributed by atoms with Gasteiger partial charge in [-0.15, -0.1) is 0 Å². The van der Waals surface area contributed by atoms with Crippen LogP contribution in [0.5, 0.6) is 0 Å². The normalized spacial score (nSPS) is 16.1. The van der Waals surface area contributed by atoms with Crippen LogP contribution in [-0.4, -0.2) is 5.84 Å². The van der Waals surface area contributed by atoms with Gasteiger partial charge in [0.2, 0.25) is 0 Å². The van der Waals surface area contributed by atoms with Crippen LogP contribution < -0.4 is 5.73 Å². The van der Waals surface area contributed by atoms with E-state index < -0.39 is 0 Å². The molecule has 10 heavy (non-hydrogen) atoms. The molecule has 0 bridgehead atoms. The van der Waals surface area contributed by atoms with Crippen molar-refractivity contribution in [1.29, 1.82) is 0 Å². The molecule has 0 aliphatic carbocycles. The highest BCUT2D eigenvalue weighted by atomic mass is 14.8. The van der Waals surface area contributed by atoms with Crippen LogP contribution in [0.1, 0.15) is 27.2 Å². The summed E-state index contributed by atoms with van der Waals surface area (Å²) < 4.78 is 0. The van der Waals surface area contributed by atoms with Crippen LogP contribution >= 0.6 is 0 Å². The fourth-order valence-electron chi connectivity index (χ4n) is 0.444. The summed E-state index contributed by atoms with van der Waals surface area (Å²) in [7, 11) is 0. The highest BCUT2D eigenvalue weighted by Gasteiger charge is 1.87. The molecule has 0 amide bonds. The summed E-state index contributed by atoms with van der Waals surface area (Å²) in [6.45, 7) is 6.08. The summed E-state index contributed by atoms with van der Waals surface area (Å²) in [5.41, 5.74) is 5.32. The van der Waals surface area contributed by atoms with Crippen molar-refractivity contribution in [2.45, 2.75) is 27.2 Å². The minimum atomic E-state index is 0.600. The quantitative estimate of drug-likeness (QED) is 0.472. The number of aliphatic imine (C=N–C) groups is 1. The molecule has 0 aromatic carbocycles. The maximum absolute atomic E-state index is 5.32. The Morgan fingerprint density at radius 3 is 2.70 bits per heavy atom. The molecule has 0 saturated carbocycles. The van der Waals surface area contributed by atoms with Gasteiger partial charge in [0, 0.05) is 6.20 Å². The first kappa shape index (κ1) is 9.21. The highest BCUT2D eigenvalue weighted by molar-refractivity contribution is 5.77. The van der Waals surface area contributed by atoms with Gasteiger partial charge in [0.1, 0.15) is 0 Å². The second kappa shape index (κ2) is 5.03. The highest BCUT2D eigenvalue weighted by Crippen LogP contribution is 2.01. The van der Waals surface area contributed by atoms with Crippen LogP contribution in [0.3, 0.4) is 0 Å².